The SMILES string of the molecule is [2H]c1c([2H])c([2H])c(-c2cccc(-c3c([2H])c([2H])c([2H])c([2H])c3[2H])c2-[n+]2cn(-c3cc(Oc4ccc5c6ccccc6n(-c6cc(C(C)(C)C)ccn6)c5c4)cc(B(c4c(C)cc(C)cc4C)c4c(C)cc(C)cc4C)c3)c3ccccc32)c([2H])c1[2H]. The average molecular weight is 996 g/mol. The summed E-state index contributed by atoms with van der Waals surface area (Å²) in [5, 5.41) is 2.11. The number of benzene rings is 9. The molecular formula is C70H62BN4O+. The minimum atomic E-state index is -0.565. The van der Waals surface area contributed by atoms with Gasteiger partial charge in [0.05, 0.1) is 24.7 Å². The summed E-state index contributed by atoms with van der Waals surface area (Å²) >= 11 is 0. The molecule has 3 aromatic heterocycles. The molecule has 0 saturated carbocycles. The Morgan fingerprint density at radius 3 is 1.74 bits per heavy atom. The van der Waals surface area contributed by atoms with Crippen LogP contribution in [0.5, 0.6) is 11.5 Å². The fraction of sp³-hybridized carbons (Fsp3) is 0.143. The second kappa shape index (κ2) is 19.2. The Morgan fingerprint density at radius 1 is 0.539 bits per heavy atom. The van der Waals surface area contributed by atoms with E-state index in [4.69, 9.17) is 17.9 Å². The second-order valence-electron chi connectivity index (χ2n) is 21.2. The quantitative estimate of drug-likeness (QED) is 0.101. The molecule has 0 aliphatic carbocycles. The van der Waals surface area contributed by atoms with Crippen molar-refractivity contribution in [3.63, 3.8) is 0 Å². The lowest BCUT2D eigenvalue weighted by atomic mass is 9.34. The van der Waals surface area contributed by atoms with Crippen molar-refractivity contribution >= 4 is 55.9 Å². The van der Waals surface area contributed by atoms with Gasteiger partial charge in [-0.05, 0) is 118 Å². The zero-order valence-corrected chi connectivity index (χ0v) is 44.2. The molecule has 9 aromatic carbocycles. The van der Waals surface area contributed by atoms with E-state index in [1.54, 1.807) is 18.2 Å². The van der Waals surface area contributed by atoms with Gasteiger partial charge in [-0.15, -0.1) is 0 Å². The molecule has 3 heterocycles. The van der Waals surface area contributed by atoms with Crippen molar-refractivity contribution in [1.82, 2.24) is 14.1 Å². The Balaban J connectivity index is 1.16. The van der Waals surface area contributed by atoms with Gasteiger partial charge in [-0.3, -0.25) is 4.57 Å². The van der Waals surface area contributed by atoms with Gasteiger partial charge in [0, 0.05) is 40.2 Å². The van der Waals surface area contributed by atoms with Crippen molar-refractivity contribution < 1.29 is 23.0 Å². The standard InChI is InChI=1S/C70H62BN4O/c1-45-35-47(3)67(48(4)36-45)71(68-49(5)37-46(2)38-50(68)6)54-40-55(42-57(41-54)76-56-31-32-61-60-25-16-17-28-62(60)75(65(61)43-56)66-39-53(33-34-72-66)70(7,8)9)73-44-74(64-30-19-18-29-63(64)73)69-58(51-21-12-10-13-22-51)26-20-27-59(69)52-23-14-11-15-24-52/h10-44H,1-9H3/q+1/i10D,11D,12D,13D,14D,15D,21D,22D,23D,24D. The van der Waals surface area contributed by atoms with Gasteiger partial charge in [-0.2, -0.15) is 9.13 Å². The highest BCUT2D eigenvalue weighted by Crippen LogP contribution is 2.38. The van der Waals surface area contributed by atoms with Gasteiger partial charge in [-0.1, -0.05) is 204 Å². The highest BCUT2D eigenvalue weighted by molar-refractivity contribution is 6.96. The summed E-state index contributed by atoms with van der Waals surface area (Å²) in [7, 11) is 0. The molecule has 0 radical (unpaired) electrons. The maximum Gasteiger partial charge on any atom is 0.255 e. The smallest absolute Gasteiger partial charge is 0.255 e. The summed E-state index contributed by atoms with van der Waals surface area (Å²) in [4.78, 5) is 4.95. The number of aromatic nitrogens is 4. The fourth-order valence-corrected chi connectivity index (χ4v) is 11.6. The van der Waals surface area contributed by atoms with Crippen LogP contribution < -0.4 is 25.7 Å². The van der Waals surface area contributed by atoms with Crippen LogP contribution in [-0.2, 0) is 5.41 Å². The van der Waals surface area contributed by atoms with Crippen molar-refractivity contribution in [3.8, 4) is 50.9 Å². The van der Waals surface area contributed by atoms with Gasteiger partial charge in [0.15, 0.2) is 11.0 Å². The lowest BCUT2D eigenvalue weighted by molar-refractivity contribution is -0.566. The summed E-state index contributed by atoms with van der Waals surface area (Å²) in [6.45, 7) is 19.2. The molecule has 0 unspecified atom stereocenters. The van der Waals surface area contributed by atoms with E-state index >= 15 is 0 Å². The molecule has 12 rings (SSSR count). The third-order valence-corrected chi connectivity index (χ3v) is 14.7. The summed E-state index contributed by atoms with van der Waals surface area (Å²) < 4.78 is 103. The van der Waals surface area contributed by atoms with Gasteiger partial charge >= 0.3 is 0 Å². The topological polar surface area (TPSA) is 35.9 Å². The normalized spacial score (nSPS) is 13.6. The molecule has 0 bridgehead atoms. The van der Waals surface area contributed by atoms with Crippen LogP contribution in [-0.4, -0.2) is 20.8 Å². The van der Waals surface area contributed by atoms with Crippen LogP contribution in [0.3, 0.4) is 0 Å². The maximum atomic E-state index is 9.29. The number of fused-ring (bicyclic) bond motifs is 4. The van der Waals surface area contributed by atoms with Crippen LogP contribution >= 0.6 is 0 Å². The van der Waals surface area contributed by atoms with E-state index in [1.165, 1.54) is 0 Å². The highest BCUT2D eigenvalue weighted by Gasteiger charge is 2.32. The molecule has 5 nitrogen and oxygen atoms in total. The predicted octanol–water partition coefficient (Wildman–Crippen LogP) is 15.2. The monoisotopic (exact) mass is 996 g/mol. The fourth-order valence-electron chi connectivity index (χ4n) is 11.6. The Bertz CT molecular complexity index is 4580. The Kier molecular flexibility index (Phi) is 9.58. The Hall–Kier alpha value is -8.74. The number of hydrogen-bond acceptors (Lipinski definition) is 2. The van der Waals surface area contributed by atoms with Crippen LogP contribution in [0.1, 0.15) is 73.4 Å². The molecule has 6 heteroatoms. The highest BCUT2D eigenvalue weighted by atomic mass is 16.5. The number of hydrogen-bond donors (Lipinski definition) is 0. The van der Waals surface area contributed by atoms with Gasteiger partial charge in [-0.25, -0.2) is 4.98 Å². The zero-order valence-electron chi connectivity index (χ0n) is 54.2. The van der Waals surface area contributed by atoms with Crippen LogP contribution in [0.2, 0.25) is 0 Å². The van der Waals surface area contributed by atoms with Crippen molar-refractivity contribution in [2.24, 2.45) is 0 Å². The second-order valence-corrected chi connectivity index (χ2v) is 21.2. The lowest BCUT2D eigenvalue weighted by Gasteiger charge is -2.25. The van der Waals surface area contributed by atoms with Crippen LogP contribution in [0.25, 0.3) is 72.3 Å². The van der Waals surface area contributed by atoms with Gasteiger partial charge < -0.3 is 4.74 Å². The number of aryl methyl sites for hydroxylation is 6. The molecule has 0 amide bonds. The molecule has 0 fully saturated rings. The molecule has 76 heavy (non-hydrogen) atoms. The van der Waals surface area contributed by atoms with E-state index in [2.05, 4.69) is 140 Å². The number of imidazole rings is 1. The molecule has 0 saturated heterocycles. The Morgan fingerprint density at radius 2 is 1.12 bits per heavy atom. The van der Waals surface area contributed by atoms with E-state index in [9.17, 15) is 5.48 Å². The van der Waals surface area contributed by atoms with E-state index in [-0.39, 0.29) is 40.1 Å². The van der Waals surface area contributed by atoms with E-state index in [0.29, 0.717) is 28.2 Å². The van der Waals surface area contributed by atoms with E-state index < -0.39 is 60.4 Å². The lowest BCUT2D eigenvalue weighted by Crippen LogP contribution is -2.56. The van der Waals surface area contributed by atoms with Gasteiger partial charge in [0.1, 0.15) is 28.7 Å². The van der Waals surface area contributed by atoms with Crippen molar-refractivity contribution in [3.05, 3.63) is 251 Å². The molecule has 0 aliphatic rings. The molecule has 0 spiro atoms. The van der Waals surface area contributed by atoms with Crippen LogP contribution in [0.4, 0.5) is 0 Å². The first-order valence-electron chi connectivity index (χ1n) is 30.7. The first kappa shape index (κ1) is 37.9. The molecular weight excluding hydrogens is 924 g/mol. The zero-order chi connectivity index (χ0) is 61.1. The number of pyridine rings is 1. The Labute approximate surface area is 461 Å². The number of rotatable bonds is 10. The number of ether oxygens (including phenoxy) is 1. The molecule has 0 N–H and O–H groups in total. The third kappa shape index (κ3) is 8.68. The maximum absolute atomic E-state index is 9.29. The number of para-hydroxylation sites is 4. The summed E-state index contributed by atoms with van der Waals surface area (Å²) in [6, 6.07) is 41.4. The van der Waals surface area contributed by atoms with E-state index in [1.807, 2.05) is 70.2 Å². The minimum absolute atomic E-state index is 0.119. The van der Waals surface area contributed by atoms with Crippen molar-refractivity contribution in [2.75, 3.05) is 0 Å². The van der Waals surface area contributed by atoms with Gasteiger partial charge in [0.2, 0.25) is 6.71 Å². The molecule has 0 atom stereocenters. The van der Waals surface area contributed by atoms with Gasteiger partial charge in [0.25, 0.3) is 6.33 Å². The van der Waals surface area contributed by atoms with Crippen LogP contribution in [0.15, 0.2) is 212 Å². The summed E-state index contributed by atoms with van der Waals surface area (Å²) in [6.07, 6.45) is 3.72. The number of nitrogens with zero attached hydrogens (tertiary/aromatic N) is 4. The summed E-state index contributed by atoms with van der Waals surface area (Å²) in [5.74, 6) is 1.91. The summed E-state index contributed by atoms with van der Waals surface area (Å²) in [5.41, 5.74) is 15.4. The minimum Gasteiger partial charge on any atom is -0.457 e. The first-order chi connectivity index (χ1) is 40.9. The van der Waals surface area contributed by atoms with Crippen LogP contribution in [0, 0.1) is 41.5 Å². The predicted molar refractivity (Wildman–Crippen MR) is 319 cm³/mol. The first-order valence-corrected chi connectivity index (χ1v) is 25.7. The van der Waals surface area contributed by atoms with Crippen molar-refractivity contribution in [1.29, 1.82) is 0 Å². The molecule has 370 valence electrons. The van der Waals surface area contributed by atoms with E-state index in [0.717, 1.165) is 83.0 Å². The molecule has 12 aromatic rings. The molecule has 0 aliphatic heterocycles. The van der Waals surface area contributed by atoms with Crippen molar-refractivity contribution in [2.45, 2.75) is 67.7 Å². The largest absolute Gasteiger partial charge is 0.457 e. The third-order valence-electron chi connectivity index (χ3n) is 14.7. The average Bonchev–Trinajstić information content (AvgIpc) is 1.67.